The van der Waals surface area contributed by atoms with Crippen LogP contribution in [0, 0.1) is 0 Å². The summed E-state index contributed by atoms with van der Waals surface area (Å²) in [4.78, 5) is 11.3. The van der Waals surface area contributed by atoms with Crippen LogP contribution in [0.25, 0.3) is 0 Å². The van der Waals surface area contributed by atoms with E-state index >= 15 is 0 Å². The molecule has 0 aromatic heterocycles. The molecule has 1 N–H and O–H groups in total. The molecule has 1 unspecified atom stereocenters. The van der Waals surface area contributed by atoms with Crippen LogP contribution in [-0.2, 0) is 11.2 Å². The number of carbonyl (C=O) groups is 1. The first kappa shape index (κ1) is 11.3. The van der Waals surface area contributed by atoms with Crippen molar-refractivity contribution in [3.05, 3.63) is 29.8 Å². The molecule has 0 aliphatic carbocycles. The van der Waals surface area contributed by atoms with Crippen molar-refractivity contribution in [2.24, 2.45) is 0 Å². The van der Waals surface area contributed by atoms with E-state index < -0.39 is 0 Å². The Morgan fingerprint density at radius 2 is 2.31 bits per heavy atom. The summed E-state index contributed by atoms with van der Waals surface area (Å²) in [5.41, 5.74) is 1.22. The van der Waals surface area contributed by atoms with Crippen molar-refractivity contribution >= 4 is 18.5 Å². The first-order valence-electron chi connectivity index (χ1n) is 5.41. The van der Waals surface area contributed by atoms with E-state index in [1.807, 2.05) is 18.2 Å². The van der Waals surface area contributed by atoms with Crippen LogP contribution in [0.4, 0.5) is 0 Å². The molecular weight excluding hydrogens is 222 g/mol. The number of thiol groups is 1. The number of para-hydroxylation sites is 1. The third kappa shape index (κ3) is 2.70. The average molecular weight is 237 g/mol. The van der Waals surface area contributed by atoms with Gasteiger partial charge < -0.3 is 10.1 Å². The number of rotatable bonds is 4. The normalized spacial score (nSPS) is 17.7. The lowest BCUT2D eigenvalue weighted by Gasteiger charge is -2.11. The molecular formula is C12H15NO2S. The number of ether oxygens (including phenoxy) is 1. The van der Waals surface area contributed by atoms with Crippen LogP contribution in [-0.4, -0.2) is 24.3 Å². The molecule has 0 saturated heterocycles. The predicted molar refractivity (Wildman–Crippen MR) is 66.0 cm³/mol. The maximum absolute atomic E-state index is 11.3. The maximum atomic E-state index is 11.3. The molecule has 1 aromatic carbocycles. The Balaban J connectivity index is 1.81. The van der Waals surface area contributed by atoms with Gasteiger partial charge in [-0.3, -0.25) is 4.79 Å². The minimum atomic E-state index is 0.0366. The summed E-state index contributed by atoms with van der Waals surface area (Å²) in [5.74, 6) is 1.56. The smallest absolute Gasteiger partial charge is 0.220 e. The number of fused-ring (bicyclic) bond motifs is 1. The van der Waals surface area contributed by atoms with Gasteiger partial charge in [0, 0.05) is 12.8 Å². The molecule has 0 saturated carbocycles. The minimum Gasteiger partial charge on any atom is -0.488 e. The van der Waals surface area contributed by atoms with Crippen molar-refractivity contribution in [2.45, 2.75) is 18.9 Å². The fourth-order valence-corrected chi connectivity index (χ4v) is 1.99. The molecule has 16 heavy (non-hydrogen) atoms. The van der Waals surface area contributed by atoms with Gasteiger partial charge in [-0.05, 0) is 17.4 Å². The van der Waals surface area contributed by atoms with Crippen LogP contribution in [0.5, 0.6) is 5.75 Å². The Kier molecular flexibility index (Phi) is 3.72. The molecule has 1 heterocycles. The Morgan fingerprint density at radius 1 is 1.50 bits per heavy atom. The topological polar surface area (TPSA) is 38.3 Å². The van der Waals surface area contributed by atoms with Crippen LogP contribution >= 0.6 is 12.6 Å². The number of carbonyl (C=O) groups excluding carboxylic acids is 1. The van der Waals surface area contributed by atoms with Crippen LogP contribution in [0.1, 0.15) is 12.0 Å². The molecule has 1 amide bonds. The monoisotopic (exact) mass is 237 g/mol. The molecule has 2 rings (SSSR count). The molecule has 1 aliphatic rings. The van der Waals surface area contributed by atoms with E-state index in [0.29, 0.717) is 18.7 Å². The Labute approximate surface area is 101 Å². The van der Waals surface area contributed by atoms with E-state index in [1.165, 1.54) is 5.56 Å². The number of benzene rings is 1. The molecule has 0 fully saturated rings. The minimum absolute atomic E-state index is 0.0366. The molecule has 1 aliphatic heterocycles. The number of hydrogen-bond acceptors (Lipinski definition) is 3. The van der Waals surface area contributed by atoms with Gasteiger partial charge in [0.05, 0.1) is 6.54 Å². The number of nitrogens with one attached hydrogen (secondary N) is 1. The molecule has 0 radical (unpaired) electrons. The first-order valence-corrected chi connectivity index (χ1v) is 6.05. The Morgan fingerprint density at radius 3 is 3.06 bits per heavy atom. The SMILES string of the molecule is O=C(CCS)NCC1Cc2ccccc2O1. The van der Waals surface area contributed by atoms with Gasteiger partial charge in [0.2, 0.25) is 5.91 Å². The van der Waals surface area contributed by atoms with Gasteiger partial charge in [-0.25, -0.2) is 0 Å². The lowest BCUT2D eigenvalue weighted by atomic mass is 10.1. The van der Waals surface area contributed by atoms with Gasteiger partial charge in [-0.15, -0.1) is 0 Å². The van der Waals surface area contributed by atoms with E-state index in [1.54, 1.807) is 0 Å². The summed E-state index contributed by atoms with van der Waals surface area (Å²) in [6, 6.07) is 7.99. The highest BCUT2D eigenvalue weighted by molar-refractivity contribution is 7.80. The van der Waals surface area contributed by atoms with Crippen molar-refractivity contribution in [2.75, 3.05) is 12.3 Å². The fourth-order valence-electron chi connectivity index (χ4n) is 1.79. The summed E-state index contributed by atoms with van der Waals surface area (Å²) >= 11 is 4.01. The van der Waals surface area contributed by atoms with Crippen molar-refractivity contribution < 1.29 is 9.53 Å². The third-order valence-electron chi connectivity index (χ3n) is 2.58. The zero-order valence-corrected chi connectivity index (χ0v) is 9.87. The summed E-state index contributed by atoms with van der Waals surface area (Å²) < 4.78 is 5.70. The quantitative estimate of drug-likeness (QED) is 0.777. The molecule has 4 heteroatoms. The van der Waals surface area contributed by atoms with Gasteiger partial charge in [0.1, 0.15) is 11.9 Å². The number of hydrogen-bond donors (Lipinski definition) is 2. The lowest BCUT2D eigenvalue weighted by molar-refractivity contribution is -0.121. The molecule has 1 atom stereocenters. The molecule has 0 bridgehead atoms. The van der Waals surface area contributed by atoms with Crippen LogP contribution < -0.4 is 10.1 Å². The van der Waals surface area contributed by atoms with Gasteiger partial charge in [-0.1, -0.05) is 18.2 Å². The van der Waals surface area contributed by atoms with Crippen LogP contribution in [0.15, 0.2) is 24.3 Å². The highest BCUT2D eigenvalue weighted by Crippen LogP contribution is 2.27. The lowest BCUT2D eigenvalue weighted by Crippen LogP contribution is -2.34. The van der Waals surface area contributed by atoms with Gasteiger partial charge >= 0.3 is 0 Å². The second-order valence-corrected chi connectivity index (χ2v) is 4.28. The van der Waals surface area contributed by atoms with Gasteiger partial charge in [0.25, 0.3) is 0 Å². The fraction of sp³-hybridized carbons (Fsp3) is 0.417. The van der Waals surface area contributed by atoms with E-state index in [4.69, 9.17) is 4.74 Å². The highest BCUT2D eigenvalue weighted by atomic mass is 32.1. The van der Waals surface area contributed by atoms with Crippen molar-refractivity contribution in [1.82, 2.24) is 5.32 Å². The predicted octanol–water partition coefficient (Wildman–Crippen LogP) is 1.43. The zero-order valence-electron chi connectivity index (χ0n) is 8.98. The van der Waals surface area contributed by atoms with Crippen molar-refractivity contribution in [3.63, 3.8) is 0 Å². The second-order valence-electron chi connectivity index (χ2n) is 3.83. The standard InChI is InChI=1S/C12H15NO2S/c14-12(5-6-16)13-8-10-7-9-3-1-2-4-11(9)15-10/h1-4,10,16H,5-8H2,(H,13,14). The summed E-state index contributed by atoms with van der Waals surface area (Å²) in [7, 11) is 0. The van der Waals surface area contributed by atoms with E-state index in [-0.39, 0.29) is 12.0 Å². The second kappa shape index (κ2) is 5.25. The van der Waals surface area contributed by atoms with E-state index in [0.717, 1.165) is 12.2 Å². The van der Waals surface area contributed by atoms with Gasteiger partial charge in [0.15, 0.2) is 0 Å². The summed E-state index contributed by atoms with van der Waals surface area (Å²) in [6.45, 7) is 0.571. The van der Waals surface area contributed by atoms with Gasteiger partial charge in [-0.2, -0.15) is 12.6 Å². The van der Waals surface area contributed by atoms with Crippen LogP contribution in [0.3, 0.4) is 0 Å². The van der Waals surface area contributed by atoms with E-state index in [9.17, 15) is 4.79 Å². The third-order valence-corrected chi connectivity index (χ3v) is 2.80. The molecule has 0 spiro atoms. The first-order chi connectivity index (χ1) is 7.79. The van der Waals surface area contributed by atoms with E-state index in [2.05, 4.69) is 24.0 Å². The summed E-state index contributed by atoms with van der Waals surface area (Å²) in [6.07, 6.45) is 1.40. The Hall–Kier alpha value is -1.16. The molecule has 1 aromatic rings. The van der Waals surface area contributed by atoms with Crippen molar-refractivity contribution in [3.8, 4) is 5.75 Å². The average Bonchev–Trinajstić information content (AvgIpc) is 2.69. The number of amides is 1. The molecule has 3 nitrogen and oxygen atoms in total. The molecule has 86 valence electrons. The summed E-state index contributed by atoms with van der Waals surface area (Å²) in [5, 5.41) is 2.85. The highest BCUT2D eigenvalue weighted by Gasteiger charge is 2.22. The largest absolute Gasteiger partial charge is 0.488 e. The van der Waals surface area contributed by atoms with Crippen molar-refractivity contribution in [1.29, 1.82) is 0 Å². The Bertz CT molecular complexity index is 356. The maximum Gasteiger partial charge on any atom is 0.220 e. The van der Waals surface area contributed by atoms with Crippen LogP contribution in [0.2, 0.25) is 0 Å². The zero-order chi connectivity index (χ0) is 11.4.